The van der Waals surface area contributed by atoms with Crippen LogP contribution in [0.3, 0.4) is 0 Å². The number of amides is 4. The highest BCUT2D eigenvalue weighted by molar-refractivity contribution is 6.05. The van der Waals surface area contributed by atoms with E-state index in [0.29, 0.717) is 19.5 Å². The minimum atomic E-state index is -0.772. The Kier molecular flexibility index (Phi) is 6.11. The summed E-state index contributed by atoms with van der Waals surface area (Å²) >= 11 is 0. The van der Waals surface area contributed by atoms with Crippen LogP contribution in [0.2, 0.25) is 0 Å². The third-order valence-corrected chi connectivity index (χ3v) is 4.88. The number of benzene rings is 1. The van der Waals surface area contributed by atoms with Crippen molar-refractivity contribution in [3.8, 4) is 0 Å². The van der Waals surface area contributed by atoms with Crippen molar-refractivity contribution in [2.75, 3.05) is 13.1 Å². The maximum Gasteiger partial charge on any atom is 0.324 e. The first kappa shape index (κ1) is 18.9. The number of aromatic amines is 1. The number of para-hydroxylation sites is 1. The van der Waals surface area contributed by atoms with Crippen LogP contribution in [0.1, 0.15) is 38.2 Å². The maximum atomic E-state index is 12.5. The third kappa shape index (κ3) is 4.48. The summed E-state index contributed by atoms with van der Waals surface area (Å²) in [5.41, 5.74) is 2.09. The molecule has 1 aliphatic heterocycles. The summed E-state index contributed by atoms with van der Waals surface area (Å²) in [6.07, 6.45) is 5.52. The Hall–Kier alpha value is -2.83. The quantitative estimate of drug-likeness (QED) is 0.467. The van der Waals surface area contributed by atoms with E-state index in [-0.39, 0.29) is 18.2 Å². The molecule has 2 aromatic rings. The lowest BCUT2D eigenvalue weighted by Gasteiger charge is -2.12. The third-order valence-electron chi connectivity index (χ3n) is 4.88. The molecule has 27 heavy (non-hydrogen) atoms. The molecule has 1 saturated heterocycles. The highest BCUT2D eigenvalue weighted by atomic mass is 16.2. The minimum absolute atomic E-state index is 0.0136. The van der Waals surface area contributed by atoms with Crippen LogP contribution in [0.5, 0.6) is 0 Å². The Balaban J connectivity index is 1.52. The summed E-state index contributed by atoms with van der Waals surface area (Å²) in [6.45, 7) is 2.99. The number of imide groups is 1. The van der Waals surface area contributed by atoms with Crippen LogP contribution in [0.25, 0.3) is 10.9 Å². The van der Waals surface area contributed by atoms with Gasteiger partial charge in [0, 0.05) is 30.2 Å². The normalized spacial score (nSPS) is 16.8. The first-order chi connectivity index (χ1) is 13.1. The fourth-order valence-corrected chi connectivity index (χ4v) is 3.36. The molecule has 7 heteroatoms. The number of H-pyrrole nitrogens is 1. The van der Waals surface area contributed by atoms with Crippen molar-refractivity contribution in [2.24, 2.45) is 0 Å². The molecule has 0 aliphatic carbocycles. The second-order valence-electron chi connectivity index (χ2n) is 6.86. The molecule has 1 aromatic heterocycles. The number of rotatable bonds is 9. The molecular formula is C20H26N4O3. The molecule has 1 fully saturated rings. The monoisotopic (exact) mass is 370 g/mol. The number of hydrogen-bond acceptors (Lipinski definition) is 3. The molecule has 0 saturated carbocycles. The van der Waals surface area contributed by atoms with Gasteiger partial charge in [0.1, 0.15) is 6.04 Å². The first-order valence-electron chi connectivity index (χ1n) is 9.53. The van der Waals surface area contributed by atoms with Gasteiger partial charge in [-0.15, -0.1) is 0 Å². The summed E-state index contributed by atoms with van der Waals surface area (Å²) in [5.74, 6) is -0.535. The first-order valence-corrected chi connectivity index (χ1v) is 9.53. The molecule has 0 unspecified atom stereocenters. The molecule has 0 radical (unpaired) electrons. The predicted octanol–water partition coefficient (Wildman–Crippen LogP) is 2.33. The fraction of sp³-hybridized carbons (Fsp3) is 0.450. The van der Waals surface area contributed by atoms with Crippen molar-refractivity contribution in [3.63, 3.8) is 0 Å². The van der Waals surface area contributed by atoms with Crippen LogP contribution in [-0.2, 0) is 16.0 Å². The zero-order valence-corrected chi connectivity index (χ0v) is 15.6. The summed E-state index contributed by atoms with van der Waals surface area (Å²) in [6, 6.07) is 6.72. The van der Waals surface area contributed by atoms with E-state index in [0.717, 1.165) is 35.7 Å². The average Bonchev–Trinajstić information content (AvgIpc) is 3.18. The Bertz CT molecular complexity index is 829. The van der Waals surface area contributed by atoms with Crippen molar-refractivity contribution in [2.45, 2.75) is 45.1 Å². The Morgan fingerprint density at radius 2 is 2.04 bits per heavy atom. The van der Waals surface area contributed by atoms with Gasteiger partial charge in [-0.25, -0.2) is 4.79 Å². The van der Waals surface area contributed by atoms with E-state index in [4.69, 9.17) is 0 Å². The van der Waals surface area contributed by atoms with Crippen LogP contribution >= 0.6 is 0 Å². The standard InChI is InChI=1S/C20H26N4O3/c1-2-3-6-10-21-18(25)12-17-19(26)24(20(27)23-17)11-9-14-13-22-16-8-5-4-7-15(14)16/h4-5,7-8,13,17,22H,2-3,6,9-12H2,1H3,(H,21,25)(H,23,27)/t17-/m1/s1. The summed E-state index contributed by atoms with van der Waals surface area (Å²) in [7, 11) is 0. The molecule has 7 nitrogen and oxygen atoms in total. The van der Waals surface area contributed by atoms with Crippen LogP contribution in [0.15, 0.2) is 30.5 Å². The predicted molar refractivity (Wildman–Crippen MR) is 103 cm³/mol. The average molecular weight is 370 g/mol. The van der Waals surface area contributed by atoms with Gasteiger partial charge in [0.2, 0.25) is 5.91 Å². The van der Waals surface area contributed by atoms with Gasteiger partial charge in [0.15, 0.2) is 0 Å². The molecule has 1 aliphatic rings. The number of carbonyl (C=O) groups is 3. The van der Waals surface area contributed by atoms with Crippen LogP contribution in [0.4, 0.5) is 4.79 Å². The number of urea groups is 1. The molecule has 2 heterocycles. The molecule has 3 rings (SSSR count). The Labute approximate surface area is 158 Å². The Morgan fingerprint density at radius 1 is 1.22 bits per heavy atom. The van der Waals surface area contributed by atoms with Crippen molar-refractivity contribution < 1.29 is 14.4 Å². The van der Waals surface area contributed by atoms with Gasteiger partial charge in [-0.1, -0.05) is 38.0 Å². The summed E-state index contributed by atoms with van der Waals surface area (Å²) in [4.78, 5) is 41.0. The van der Waals surface area contributed by atoms with Crippen LogP contribution < -0.4 is 10.6 Å². The molecule has 1 atom stereocenters. The molecule has 144 valence electrons. The Morgan fingerprint density at radius 3 is 2.85 bits per heavy atom. The van der Waals surface area contributed by atoms with Gasteiger partial charge in [-0.05, 0) is 24.5 Å². The molecule has 1 aromatic carbocycles. The highest BCUT2D eigenvalue weighted by Crippen LogP contribution is 2.19. The van der Waals surface area contributed by atoms with Gasteiger partial charge in [-0.3, -0.25) is 14.5 Å². The molecule has 0 spiro atoms. The van der Waals surface area contributed by atoms with Crippen molar-refractivity contribution in [1.82, 2.24) is 20.5 Å². The number of nitrogens with one attached hydrogen (secondary N) is 3. The highest BCUT2D eigenvalue weighted by Gasteiger charge is 2.38. The van der Waals surface area contributed by atoms with E-state index >= 15 is 0 Å². The van der Waals surface area contributed by atoms with E-state index in [1.807, 2.05) is 30.5 Å². The number of nitrogens with zero attached hydrogens (tertiary/aromatic N) is 1. The van der Waals surface area contributed by atoms with Gasteiger partial charge >= 0.3 is 6.03 Å². The van der Waals surface area contributed by atoms with Crippen LogP contribution in [-0.4, -0.2) is 46.9 Å². The van der Waals surface area contributed by atoms with Crippen molar-refractivity contribution >= 4 is 28.7 Å². The lowest BCUT2D eigenvalue weighted by Crippen LogP contribution is -2.37. The summed E-state index contributed by atoms with van der Waals surface area (Å²) in [5, 5.41) is 6.52. The van der Waals surface area contributed by atoms with Crippen LogP contribution in [0, 0.1) is 0 Å². The lowest BCUT2D eigenvalue weighted by atomic mass is 10.1. The molecule has 3 N–H and O–H groups in total. The van der Waals surface area contributed by atoms with Gasteiger partial charge < -0.3 is 15.6 Å². The van der Waals surface area contributed by atoms with Crippen molar-refractivity contribution in [3.05, 3.63) is 36.0 Å². The second kappa shape index (κ2) is 8.70. The SMILES string of the molecule is CCCCCNC(=O)C[C@H]1NC(=O)N(CCc2c[nH]c3ccccc23)C1=O. The van der Waals surface area contributed by atoms with E-state index in [2.05, 4.69) is 22.5 Å². The number of aromatic nitrogens is 1. The van der Waals surface area contributed by atoms with E-state index in [1.165, 1.54) is 4.90 Å². The van der Waals surface area contributed by atoms with Crippen molar-refractivity contribution in [1.29, 1.82) is 0 Å². The van der Waals surface area contributed by atoms with E-state index in [9.17, 15) is 14.4 Å². The van der Waals surface area contributed by atoms with Gasteiger partial charge in [0.05, 0.1) is 6.42 Å². The second-order valence-corrected chi connectivity index (χ2v) is 6.86. The number of carbonyl (C=O) groups excluding carboxylic acids is 3. The largest absolute Gasteiger partial charge is 0.361 e. The summed E-state index contributed by atoms with van der Waals surface area (Å²) < 4.78 is 0. The zero-order valence-electron chi connectivity index (χ0n) is 15.6. The number of fused-ring (bicyclic) bond motifs is 1. The number of hydrogen-bond donors (Lipinski definition) is 3. The van der Waals surface area contributed by atoms with Gasteiger partial charge in [-0.2, -0.15) is 0 Å². The molecule has 0 bridgehead atoms. The number of unbranched alkanes of at least 4 members (excludes halogenated alkanes) is 2. The smallest absolute Gasteiger partial charge is 0.324 e. The maximum absolute atomic E-state index is 12.5. The topological polar surface area (TPSA) is 94.3 Å². The fourth-order valence-electron chi connectivity index (χ4n) is 3.36. The van der Waals surface area contributed by atoms with E-state index < -0.39 is 12.1 Å². The van der Waals surface area contributed by atoms with E-state index in [1.54, 1.807) is 0 Å². The zero-order chi connectivity index (χ0) is 19.2. The lowest BCUT2D eigenvalue weighted by molar-refractivity contribution is -0.130. The minimum Gasteiger partial charge on any atom is -0.361 e. The molecule has 4 amide bonds. The van der Waals surface area contributed by atoms with Gasteiger partial charge in [0.25, 0.3) is 5.91 Å². The molecular weight excluding hydrogens is 344 g/mol.